The second-order valence-corrected chi connectivity index (χ2v) is 4.87. The molecule has 0 spiro atoms. The van der Waals surface area contributed by atoms with Gasteiger partial charge in [-0.15, -0.1) is 0 Å². The Morgan fingerprint density at radius 1 is 1.29 bits per heavy atom. The van der Waals surface area contributed by atoms with Crippen molar-refractivity contribution in [2.24, 2.45) is 5.92 Å². The third kappa shape index (κ3) is 1.82. The van der Waals surface area contributed by atoms with E-state index in [1.54, 1.807) is 0 Å². The molecular weight excluding hydrogens is 174 g/mol. The van der Waals surface area contributed by atoms with Crippen molar-refractivity contribution in [2.45, 2.75) is 57.7 Å². The third-order valence-electron chi connectivity index (χ3n) is 4.16. The van der Waals surface area contributed by atoms with Gasteiger partial charge in [-0.05, 0) is 31.6 Å². The van der Waals surface area contributed by atoms with Crippen LogP contribution >= 0.6 is 0 Å². The second-order valence-electron chi connectivity index (χ2n) is 4.87. The van der Waals surface area contributed by atoms with Crippen molar-refractivity contribution in [3.63, 3.8) is 0 Å². The molecule has 2 rings (SSSR count). The molecule has 82 valence electrons. The molecule has 2 aliphatic rings. The summed E-state index contributed by atoms with van der Waals surface area (Å²) in [6.07, 6.45) is 6.96. The van der Waals surface area contributed by atoms with Crippen LogP contribution in [0.4, 0.5) is 0 Å². The molecule has 2 nitrogen and oxygen atoms in total. The molecule has 1 saturated heterocycles. The molecule has 1 saturated carbocycles. The van der Waals surface area contributed by atoms with E-state index in [9.17, 15) is 0 Å². The van der Waals surface area contributed by atoms with Gasteiger partial charge in [-0.1, -0.05) is 20.3 Å². The van der Waals surface area contributed by atoms with Gasteiger partial charge in [0, 0.05) is 13.1 Å². The van der Waals surface area contributed by atoms with E-state index in [2.05, 4.69) is 19.2 Å². The monoisotopic (exact) mass is 197 g/mol. The highest BCUT2D eigenvalue weighted by molar-refractivity contribution is 4.91. The lowest BCUT2D eigenvalue weighted by atomic mass is 9.79. The van der Waals surface area contributed by atoms with E-state index in [4.69, 9.17) is 4.74 Å². The Bertz CT molecular complexity index is 185. The van der Waals surface area contributed by atoms with Crippen molar-refractivity contribution < 1.29 is 4.74 Å². The lowest BCUT2D eigenvalue weighted by Gasteiger charge is -2.45. The van der Waals surface area contributed by atoms with Crippen LogP contribution in [0, 0.1) is 5.92 Å². The van der Waals surface area contributed by atoms with Crippen molar-refractivity contribution in [3.8, 4) is 0 Å². The van der Waals surface area contributed by atoms with Crippen molar-refractivity contribution in [1.82, 2.24) is 5.32 Å². The summed E-state index contributed by atoms with van der Waals surface area (Å²) < 4.78 is 6.31. The quantitative estimate of drug-likeness (QED) is 0.750. The molecule has 1 aliphatic carbocycles. The molecule has 0 radical (unpaired) electrons. The molecular formula is C12H23NO. The zero-order valence-electron chi connectivity index (χ0n) is 9.51. The molecule has 2 fully saturated rings. The molecule has 0 bridgehead atoms. The van der Waals surface area contributed by atoms with Crippen LogP contribution in [0.3, 0.4) is 0 Å². The van der Waals surface area contributed by atoms with Gasteiger partial charge >= 0.3 is 0 Å². The highest BCUT2D eigenvalue weighted by atomic mass is 16.5. The van der Waals surface area contributed by atoms with E-state index >= 15 is 0 Å². The summed E-state index contributed by atoms with van der Waals surface area (Å²) in [6.45, 7) is 6.61. The lowest BCUT2D eigenvalue weighted by molar-refractivity contribution is -0.149. The van der Waals surface area contributed by atoms with Gasteiger partial charge in [-0.2, -0.15) is 0 Å². The number of morpholine rings is 1. The maximum absolute atomic E-state index is 6.31. The standard InChI is InChI=1S/C12H23NO/c1-3-12(4-2)9-13-8-11(14-12)10-6-5-7-10/h10-11,13H,3-9H2,1-2H3. The minimum atomic E-state index is 0.137. The Hall–Kier alpha value is -0.0800. The summed E-state index contributed by atoms with van der Waals surface area (Å²) in [5.41, 5.74) is 0.137. The van der Waals surface area contributed by atoms with Gasteiger partial charge < -0.3 is 10.1 Å². The smallest absolute Gasteiger partial charge is 0.0805 e. The predicted octanol–water partition coefficient (Wildman–Crippen LogP) is 2.33. The maximum Gasteiger partial charge on any atom is 0.0805 e. The molecule has 1 N–H and O–H groups in total. The van der Waals surface area contributed by atoms with Gasteiger partial charge in [0.1, 0.15) is 0 Å². The van der Waals surface area contributed by atoms with Crippen molar-refractivity contribution in [1.29, 1.82) is 0 Å². The van der Waals surface area contributed by atoms with Crippen LogP contribution in [-0.2, 0) is 4.74 Å². The van der Waals surface area contributed by atoms with Gasteiger partial charge in [0.05, 0.1) is 11.7 Å². The molecule has 0 amide bonds. The highest BCUT2D eigenvalue weighted by Gasteiger charge is 2.38. The summed E-state index contributed by atoms with van der Waals surface area (Å²) in [4.78, 5) is 0. The lowest BCUT2D eigenvalue weighted by Crippen LogP contribution is -2.56. The summed E-state index contributed by atoms with van der Waals surface area (Å²) in [5.74, 6) is 0.847. The number of hydrogen-bond acceptors (Lipinski definition) is 2. The van der Waals surface area contributed by atoms with E-state index < -0.39 is 0 Å². The van der Waals surface area contributed by atoms with Crippen LogP contribution in [0.15, 0.2) is 0 Å². The molecule has 0 aromatic heterocycles. The van der Waals surface area contributed by atoms with Crippen LogP contribution in [0.1, 0.15) is 46.0 Å². The fourth-order valence-corrected chi connectivity index (χ4v) is 2.59. The minimum absolute atomic E-state index is 0.137. The second kappa shape index (κ2) is 4.19. The zero-order chi connectivity index (χ0) is 10.0. The molecule has 14 heavy (non-hydrogen) atoms. The first-order valence-corrected chi connectivity index (χ1v) is 6.18. The van der Waals surface area contributed by atoms with E-state index in [-0.39, 0.29) is 5.60 Å². The predicted molar refractivity (Wildman–Crippen MR) is 58.4 cm³/mol. The topological polar surface area (TPSA) is 21.3 Å². The molecule has 1 heterocycles. The molecule has 1 aliphatic heterocycles. The van der Waals surface area contributed by atoms with Gasteiger partial charge in [-0.25, -0.2) is 0 Å². The van der Waals surface area contributed by atoms with Gasteiger partial charge in [0.2, 0.25) is 0 Å². The fourth-order valence-electron chi connectivity index (χ4n) is 2.59. The third-order valence-corrected chi connectivity index (χ3v) is 4.16. The molecule has 0 aromatic rings. The Morgan fingerprint density at radius 3 is 2.50 bits per heavy atom. The molecule has 0 aromatic carbocycles. The summed E-state index contributed by atoms with van der Waals surface area (Å²) >= 11 is 0. The largest absolute Gasteiger partial charge is 0.369 e. The first-order chi connectivity index (χ1) is 6.79. The number of ether oxygens (including phenoxy) is 1. The van der Waals surface area contributed by atoms with Crippen LogP contribution in [0.2, 0.25) is 0 Å². The molecule has 2 heteroatoms. The first kappa shape index (κ1) is 10.4. The summed E-state index contributed by atoms with van der Waals surface area (Å²) in [5, 5.41) is 3.55. The van der Waals surface area contributed by atoms with E-state index in [0.717, 1.165) is 31.8 Å². The zero-order valence-corrected chi connectivity index (χ0v) is 9.51. The molecule has 1 unspecified atom stereocenters. The Morgan fingerprint density at radius 2 is 2.00 bits per heavy atom. The van der Waals surface area contributed by atoms with Crippen LogP contribution in [0.25, 0.3) is 0 Å². The fraction of sp³-hybridized carbons (Fsp3) is 1.00. The number of rotatable bonds is 3. The highest BCUT2D eigenvalue weighted by Crippen LogP contribution is 2.36. The number of hydrogen-bond donors (Lipinski definition) is 1. The van der Waals surface area contributed by atoms with Gasteiger partial charge in [0.15, 0.2) is 0 Å². The maximum atomic E-state index is 6.31. The SMILES string of the molecule is CCC1(CC)CNCC(C2CCC2)O1. The normalized spacial score (nSPS) is 32.6. The summed E-state index contributed by atoms with van der Waals surface area (Å²) in [7, 11) is 0. The van der Waals surface area contributed by atoms with Crippen molar-refractivity contribution >= 4 is 0 Å². The van der Waals surface area contributed by atoms with Gasteiger partial charge in [0.25, 0.3) is 0 Å². The van der Waals surface area contributed by atoms with Crippen molar-refractivity contribution in [2.75, 3.05) is 13.1 Å². The summed E-state index contributed by atoms with van der Waals surface area (Å²) in [6, 6.07) is 0. The first-order valence-electron chi connectivity index (χ1n) is 6.18. The van der Waals surface area contributed by atoms with Gasteiger partial charge in [-0.3, -0.25) is 0 Å². The Kier molecular flexibility index (Phi) is 3.13. The average Bonchev–Trinajstić information content (AvgIpc) is 2.15. The van der Waals surface area contributed by atoms with E-state index in [1.807, 2.05) is 0 Å². The van der Waals surface area contributed by atoms with Crippen LogP contribution in [0.5, 0.6) is 0 Å². The molecule has 1 atom stereocenters. The van der Waals surface area contributed by atoms with E-state index in [0.29, 0.717) is 6.10 Å². The van der Waals surface area contributed by atoms with E-state index in [1.165, 1.54) is 19.3 Å². The minimum Gasteiger partial charge on any atom is -0.369 e. The van der Waals surface area contributed by atoms with Crippen LogP contribution in [-0.4, -0.2) is 24.8 Å². The van der Waals surface area contributed by atoms with Crippen molar-refractivity contribution in [3.05, 3.63) is 0 Å². The van der Waals surface area contributed by atoms with Crippen LogP contribution < -0.4 is 5.32 Å². The Balaban J connectivity index is 1.94. The Labute approximate surface area is 87.4 Å². The average molecular weight is 197 g/mol. The number of nitrogens with one attached hydrogen (secondary N) is 1.